The van der Waals surface area contributed by atoms with Gasteiger partial charge in [0, 0.05) is 12.5 Å². The van der Waals surface area contributed by atoms with Gasteiger partial charge in [0.2, 0.25) is 5.89 Å². The van der Waals surface area contributed by atoms with Crippen LogP contribution < -0.4 is 5.73 Å². The predicted octanol–water partition coefficient (Wildman–Crippen LogP) is 0.835. The van der Waals surface area contributed by atoms with Gasteiger partial charge in [0.25, 0.3) is 0 Å². The van der Waals surface area contributed by atoms with E-state index in [0.717, 1.165) is 12.2 Å². The van der Waals surface area contributed by atoms with Crippen LogP contribution >= 0.6 is 0 Å². The van der Waals surface area contributed by atoms with E-state index in [1.54, 1.807) is 6.92 Å². The van der Waals surface area contributed by atoms with E-state index >= 15 is 0 Å². The minimum atomic E-state index is -0.969. The first-order valence-corrected chi connectivity index (χ1v) is 5.59. The van der Waals surface area contributed by atoms with Crippen LogP contribution in [-0.4, -0.2) is 27.4 Å². The second-order valence-corrected chi connectivity index (χ2v) is 5.67. The lowest BCUT2D eigenvalue weighted by molar-refractivity contribution is 0.0610. The van der Waals surface area contributed by atoms with Gasteiger partial charge >= 0.3 is 0 Å². The number of hydrogen-bond donors (Lipinski definition) is 2. The normalized spacial score (nSPS) is 26.4. The Bertz CT molecular complexity index is 384. The Morgan fingerprint density at radius 3 is 2.75 bits per heavy atom. The van der Waals surface area contributed by atoms with Gasteiger partial charge in [0.15, 0.2) is 5.82 Å². The summed E-state index contributed by atoms with van der Waals surface area (Å²) in [6.07, 6.45) is 1.41. The summed E-state index contributed by atoms with van der Waals surface area (Å²) < 4.78 is 5.12. The van der Waals surface area contributed by atoms with Crippen molar-refractivity contribution in [2.24, 2.45) is 11.1 Å². The van der Waals surface area contributed by atoms with Crippen molar-refractivity contribution in [2.45, 2.75) is 45.1 Å². The Balaban J connectivity index is 2.04. The molecule has 0 aromatic carbocycles. The average molecular weight is 225 g/mol. The highest BCUT2D eigenvalue weighted by atomic mass is 16.5. The molecule has 1 fully saturated rings. The van der Waals surface area contributed by atoms with Gasteiger partial charge in [-0.25, -0.2) is 0 Å². The molecule has 16 heavy (non-hydrogen) atoms. The molecule has 2 rings (SSSR count). The first-order valence-electron chi connectivity index (χ1n) is 5.59. The van der Waals surface area contributed by atoms with Crippen molar-refractivity contribution in [3.05, 3.63) is 11.7 Å². The van der Waals surface area contributed by atoms with Crippen molar-refractivity contribution in [3.8, 4) is 0 Å². The van der Waals surface area contributed by atoms with Crippen LogP contribution in [0.3, 0.4) is 0 Å². The zero-order chi connectivity index (χ0) is 12.0. The molecular weight excluding hydrogens is 206 g/mol. The van der Waals surface area contributed by atoms with Crippen LogP contribution in [0.25, 0.3) is 0 Å². The second-order valence-electron chi connectivity index (χ2n) is 5.67. The third kappa shape index (κ3) is 2.25. The molecule has 1 aromatic heterocycles. The predicted molar refractivity (Wildman–Crippen MR) is 58.8 cm³/mol. The second kappa shape index (κ2) is 3.53. The van der Waals surface area contributed by atoms with Gasteiger partial charge in [0.05, 0.1) is 12.0 Å². The summed E-state index contributed by atoms with van der Waals surface area (Å²) in [4.78, 5) is 4.31. The maximum Gasteiger partial charge on any atom is 0.229 e. The fourth-order valence-electron chi connectivity index (χ4n) is 1.79. The van der Waals surface area contributed by atoms with E-state index in [1.807, 2.05) is 0 Å². The largest absolute Gasteiger partial charge is 0.388 e. The molecule has 1 aromatic rings. The Morgan fingerprint density at radius 1 is 1.62 bits per heavy atom. The molecule has 2 unspecified atom stereocenters. The van der Waals surface area contributed by atoms with Crippen LogP contribution in [0.5, 0.6) is 0 Å². The minimum absolute atomic E-state index is 0.180. The van der Waals surface area contributed by atoms with Gasteiger partial charge in [-0.1, -0.05) is 19.0 Å². The Morgan fingerprint density at radius 2 is 2.25 bits per heavy atom. The van der Waals surface area contributed by atoms with Gasteiger partial charge in [-0.05, 0) is 18.8 Å². The Hall–Kier alpha value is -0.940. The van der Waals surface area contributed by atoms with Crippen LogP contribution in [0, 0.1) is 5.41 Å². The molecule has 3 N–H and O–H groups in total. The first-order chi connectivity index (χ1) is 7.34. The summed E-state index contributed by atoms with van der Waals surface area (Å²) in [7, 11) is 0. The highest BCUT2D eigenvalue weighted by molar-refractivity contribution is 5.14. The summed E-state index contributed by atoms with van der Waals surface area (Å²) in [5.41, 5.74) is 4.76. The number of nitrogens with zero attached hydrogens (tertiary/aromatic N) is 2. The third-order valence-electron chi connectivity index (χ3n) is 3.28. The summed E-state index contributed by atoms with van der Waals surface area (Å²) in [6.45, 7) is 6.21. The van der Waals surface area contributed by atoms with Crippen molar-refractivity contribution < 1.29 is 9.63 Å². The van der Waals surface area contributed by atoms with Crippen molar-refractivity contribution in [2.75, 3.05) is 6.54 Å². The van der Waals surface area contributed by atoms with Crippen LogP contribution in [0.2, 0.25) is 0 Å². The van der Waals surface area contributed by atoms with Crippen molar-refractivity contribution in [3.63, 3.8) is 0 Å². The molecular formula is C11H19N3O2. The number of nitrogens with two attached hydrogens (primary N) is 1. The topological polar surface area (TPSA) is 85.2 Å². The van der Waals surface area contributed by atoms with E-state index in [1.165, 1.54) is 0 Å². The monoisotopic (exact) mass is 225 g/mol. The fraction of sp³-hybridized carbons (Fsp3) is 0.818. The Labute approximate surface area is 95.0 Å². The van der Waals surface area contributed by atoms with Gasteiger partial charge < -0.3 is 15.4 Å². The van der Waals surface area contributed by atoms with Gasteiger partial charge in [-0.3, -0.25) is 0 Å². The SMILES string of the molecule is CC(O)(CN)Cc1nc(C2CC2(C)C)no1. The lowest BCUT2D eigenvalue weighted by atomic mass is 10.0. The smallest absolute Gasteiger partial charge is 0.229 e. The first kappa shape index (κ1) is 11.5. The summed E-state index contributed by atoms with van der Waals surface area (Å²) >= 11 is 0. The average Bonchev–Trinajstić information content (AvgIpc) is 2.60. The quantitative estimate of drug-likeness (QED) is 0.793. The van der Waals surface area contributed by atoms with E-state index in [2.05, 4.69) is 24.0 Å². The molecule has 1 heterocycles. The highest BCUT2D eigenvalue weighted by Crippen LogP contribution is 2.57. The molecule has 90 valence electrons. The molecule has 0 saturated heterocycles. The molecule has 0 spiro atoms. The summed E-state index contributed by atoms with van der Waals surface area (Å²) in [5.74, 6) is 1.62. The molecule has 0 amide bonds. The van der Waals surface area contributed by atoms with E-state index in [4.69, 9.17) is 10.3 Å². The molecule has 0 bridgehead atoms. The fourth-order valence-corrected chi connectivity index (χ4v) is 1.79. The van der Waals surface area contributed by atoms with E-state index in [9.17, 15) is 5.11 Å². The van der Waals surface area contributed by atoms with Crippen molar-refractivity contribution >= 4 is 0 Å². The van der Waals surface area contributed by atoms with Gasteiger partial charge in [-0.15, -0.1) is 0 Å². The van der Waals surface area contributed by atoms with Gasteiger partial charge in [-0.2, -0.15) is 4.98 Å². The number of aromatic nitrogens is 2. The highest BCUT2D eigenvalue weighted by Gasteiger charge is 2.49. The number of rotatable bonds is 4. The molecule has 1 saturated carbocycles. The number of aliphatic hydroxyl groups is 1. The maximum absolute atomic E-state index is 9.79. The van der Waals surface area contributed by atoms with Crippen molar-refractivity contribution in [1.82, 2.24) is 10.1 Å². The molecule has 5 heteroatoms. The zero-order valence-electron chi connectivity index (χ0n) is 10.0. The van der Waals surface area contributed by atoms with E-state index in [0.29, 0.717) is 18.2 Å². The van der Waals surface area contributed by atoms with Crippen molar-refractivity contribution in [1.29, 1.82) is 0 Å². The van der Waals surface area contributed by atoms with Crippen LogP contribution in [0.15, 0.2) is 4.52 Å². The third-order valence-corrected chi connectivity index (χ3v) is 3.28. The lowest BCUT2D eigenvalue weighted by Crippen LogP contribution is -2.36. The number of hydrogen-bond acceptors (Lipinski definition) is 5. The molecule has 5 nitrogen and oxygen atoms in total. The molecule has 0 aliphatic heterocycles. The van der Waals surface area contributed by atoms with E-state index in [-0.39, 0.29) is 12.0 Å². The maximum atomic E-state index is 9.79. The van der Waals surface area contributed by atoms with Gasteiger partial charge in [0.1, 0.15) is 0 Å². The summed E-state index contributed by atoms with van der Waals surface area (Å²) in [6, 6.07) is 0. The summed E-state index contributed by atoms with van der Waals surface area (Å²) in [5, 5.41) is 13.7. The zero-order valence-corrected chi connectivity index (χ0v) is 10.0. The minimum Gasteiger partial charge on any atom is -0.388 e. The standard InChI is InChI=1S/C11H19N3O2/c1-10(2)4-7(10)9-13-8(16-14-9)5-11(3,15)6-12/h7,15H,4-6,12H2,1-3H3. The lowest BCUT2D eigenvalue weighted by Gasteiger charge is -2.17. The van der Waals surface area contributed by atoms with E-state index < -0.39 is 5.60 Å². The Kier molecular flexibility index (Phi) is 2.55. The van der Waals surface area contributed by atoms with Crippen LogP contribution in [0.1, 0.15) is 44.8 Å². The van der Waals surface area contributed by atoms with Crippen LogP contribution in [0.4, 0.5) is 0 Å². The molecule has 1 aliphatic carbocycles. The molecule has 0 radical (unpaired) electrons. The van der Waals surface area contributed by atoms with Crippen LogP contribution in [-0.2, 0) is 6.42 Å². The molecule has 2 atom stereocenters. The molecule has 1 aliphatic rings.